The standard InChI is InChI=1S/C23H22F2N4O/c24-17-9-6-15(7-10-17)8-11-21(30)29-12-2-5-20(29)22-19(14-27-23(26)28-22)16-3-1-4-18(25)13-16/h1,3-4,6-7,9-10,13-14,20H,2,5,8,11-12H2,(H2,26,27,28)/t20-/m0/s1. The zero-order chi connectivity index (χ0) is 21.1. The van der Waals surface area contributed by atoms with Crippen LogP contribution in [-0.2, 0) is 11.2 Å². The Hall–Kier alpha value is -3.35. The van der Waals surface area contributed by atoms with Crippen LogP contribution in [0.15, 0.2) is 54.7 Å². The van der Waals surface area contributed by atoms with E-state index in [1.165, 1.54) is 24.3 Å². The Labute approximate surface area is 173 Å². The van der Waals surface area contributed by atoms with E-state index in [1.807, 2.05) is 4.90 Å². The van der Waals surface area contributed by atoms with Gasteiger partial charge in [0.25, 0.3) is 0 Å². The summed E-state index contributed by atoms with van der Waals surface area (Å²) in [5, 5.41) is 0. The maximum atomic E-state index is 13.8. The van der Waals surface area contributed by atoms with Crippen molar-refractivity contribution in [2.75, 3.05) is 12.3 Å². The van der Waals surface area contributed by atoms with Crippen molar-refractivity contribution in [1.82, 2.24) is 14.9 Å². The first-order valence-electron chi connectivity index (χ1n) is 9.93. The van der Waals surface area contributed by atoms with Crippen LogP contribution in [0.2, 0.25) is 0 Å². The van der Waals surface area contributed by atoms with Gasteiger partial charge in [-0.1, -0.05) is 24.3 Å². The summed E-state index contributed by atoms with van der Waals surface area (Å²) in [7, 11) is 0. The number of nitrogen functional groups attached to an aromatic ring is 1. The topological polar surface area (TPSA) is 72.1 Å². The van der Waals surface area contributed by atoms with Crippen LogP contribution in [0.4, 0.5) is 14.7 Å². The monoisotopic (exact) mass is 408 g/mol. The molecular weight excluding hydrogens is 386 g/mol. The van der Waals surface area contributed by atoms with E-state index >= 15 is 0 Å². The predicted octanol–water partition coefficient (Wildman–Crippen LogP) is 4.30. The lowest BCUT2D eigenvalue weighted by molar-refractivity contribution is -0.132. The zero-order valence-electron chi connectivity index (χ0n) is 16.4. The van der Waals surface area contributed by atoms with E-state index < -0.39 is 0 Å². The number of carbonyl (C=O) groups is 1. The largest absolute Gasteiger partial charge is 0.368 e. The molecule has 1 aliphatic rings. The van der Waals surface area contributed by atoms with Gasteiger partial charge in [0.15, 0.2) is 0 Å². The Morgan fingerprint density at radius 3 is 2.70 bits per heavy atom. The van der Waals surface area contributed by atoms with Crippen molar-refractivity contribution in [3.8, 4) is 11.1 Å². The SMILES string of the molecule is Nc1ncc(-c2cccc(F)c2)c([C@@H]2CCCN2C(=O)CCc2ccc(F)cc2)n1. The number of carbonyl (C=O) groups excluding carboxylic acids is 1. The van der Waals surface area contributed by atoms with E-state index in [9.17, 15) is 13.6 Å². The molecule has 1 aliphatic heterocycles. The molecule has 0 saturated carbocycles. The summed E-state index contributed by atoms with van der Waals surface area (Å²) in [5.74, 6) is -0.523. The minimum Gasteiger partial charge on any atom is -0.368 e. The molecule has 0 radical (unpaired) electrons. The Morgan fingerprint density at radius 2 is 1.93 bits per heavy atom. The lowest BCUT2D eigenvalue weighted by Crippen LogP contribution is -2.31. The fourth-order valence-electron chi connectivity index (χ4n) is 3.94. The molecule has 1 saturated heterocycles. The number of aromatic nitrogens is 2. The molecule has 2 N–H and O–H groups in total. The molecule has 3 aromatic rings. The summed E-state index contributed by atoms with van der Waals surface area (Å²) in [5.41, 5.74) is 8.71. The van der Waals surface area contributed by atoms with Crippen LogP contribution >= 0.6 is 0 Å². The minimum absolute atomic E-state index is 0.00389. The Morgan fingerprint density at radius 1 is 1.13 bits per heavy atom. The number of anilines is 1. The number of aryl methyl sites for hydroxylation is 1. The molecule has 1 aromatic heterocycles. The Balaban J connectivity index is 1.58. The molecule has 154 valence electrons. The van der Waals surface area contributed by atoms with E-state index in [1.54, 1.807) is 30.5 Å². The number of amides is 1. The molecule has 1 atom stereocenters. The van der Waals surface area contributed by atoms with Crippen molar-refractivity contribution in [1.29, 1.82) is 0 Å². The highest BCUT2D eigenvalue weighted by molar-refractivity contribution is 5.78. The van der Waals surface area contributed by atoms with Crippen molar-refractivity contribution in [2.45, 2.75) is 31.7 Å². The molecule has 2 aromatic carbocycles. The molecule has 4 rings (SSSR count). The molecule has 1 fully saturated rings. The number of hydrogen-bond acceptors (Lipinski definition) is 4. The third-order valence-electron chi connectivity index (χ3n) is 5.40. The van der Waals surface area contributed by atoms with E-state index in [-0.39, 0.29) is 29.5 Å². The first kappa shape index (κ1) is 19.9. The van der Waals surface area contributed by atoms with Gasteiger partial charge in [-0.15, -0.1) is 0 Å². The maximum absolute atomic E-state index is 13.8. The molecular formula is C23H22F2N4O. The molecule has 7 heteroatoms. The number of rotatable bonds is 5. The second-order valence-electron chi connectivity index (χ2n) is 7.41. The van der Waals surface area contributed by atoms with Gasteiger partial charge < -0.3 is 10.6 Å². The Kier molecular flexibility index (Phi) is 5.70. The molecule has 1 amide bonds. The fourth-order valence-corrected chi connectivity index (χ4v) is 3.94. The normalized spacial score (nSPS) is 16.1. The van der Waals surface area contributed by atoms with E-state index in [4.69, 9.17) is 5.73 Å². The van der Waals surface area contributed by atoms with Crippen LogP contribution in [0, 0.1) is 11.6 Å². The summed E-state index contributed by atoms with van der Waals surface area (Å²) in [6, 6.07) is 12.2. The number of likely N-dealkylation sites (tertiary alicyclic amines) is 1. The second-order valence-corrected chi connectivity index (χ2v) is 7.41. The van der Waals surface area contributed by atoms with Gasteiger partial charge in [0, 0.05) is 24.7 Å². The van der Waals surface area contributed by atoms with E-state index in [2.05, 4.69) is 9.97 Å². The molecule has 0 unspecified atom stereocenters. The van der Waals surface area contributed by atoms with Crippen molar-refractivity contribution in [2.24, 2.45) is 0 Å². The lowest BCUT2D eigenvalue weighted by Gasteiger charge is -2.26. The van der Waals surface area contributed by atoms with Gasteiger partial charge in [-0.25, -0.2) is 18.7 Å². The van der Waals surface area contributed by atoms with Crippen molar-refractivity contribution in [3.05, 3.63) is 77.6 Å². The van der Waals surface area contributed by atoms with Gasteiger partial charge in [0.2, 0.25) is 11.9 Å². The summed E-state index contributed by atoms with van der Waals surface area (Å²) >= 11 is 0. The van der Waals surface area contributed by atoms with Gasteiger partial charge in [-0.2, -0.15) is 0 Å². The van der Waals surface area contributed by atoms with Crippen LogP contribution in [-0.4, -0.2) is 27.3 Å². The minimum atomic E-state index is -0.353. The van der Waals surface area contributed by atoms with Gasteiger partial charge in [0.05, 0.1) is 11.7 Å². The van der Waals surface area contributed by atoms with Gasteiger partial charge in [-0.05, 0) is 54.7 Å². The first-order chi connectivity index (χ1) is 14.5. The molecule has 2 heterocycles. The third-order valence-corrected chi connectivity index (χ3v) is 5.40. The number of nitrogens with zero attached hydrogens (tertiary/aromatic N) is 3. The van der Waals surface area contributed by atoms with Crippen molar-refractivity contribution in [3.63, 3.8) is 0 Å². The van der Waals surface area contributed by atoms with Crippen LogP contribution in [0.25, 0.3) is 11.1 Å². The molecule has 0 aliphatic carbocycles. The molecule has 0 bridgehead atoms. The fraction of sp³-hybridized carbons (Fsp3) is 0.261. The summed E-state index contributed by atoms with van der Waals surface area (Å²) in [6.45, 7) is 0.624. The van der Waals surface area contributed by atoms with Gasteiger partial charge in [0.1, 0.15) is 11.6 Å². The van der Waals surface area contributed by atoms with Crippen LogP contribution in [0.5, 0.6) is 0 Å². The Bertz CT molecular complexity index is 1060. The smallest absolute Gasteiger partial charge is 0.223 e. The molecule has 30 heavy (non-hydrogen) atoms. The molecule has 5 nitrogen and oxygen atoms in total. The third kappa shape index (κ3) is 4.30. The summed E-state index contributed by atoms with van der Waals surface area (Å²) in [6.07, 6.45) is 4.04. The first-order valence-corrected chi connectivity index (χ1v) is 9.93. The van der Waals surface area contributed by atoms with Crippen LogP contribution < -0.4 is 5.73 Å². The summed E-state index contributed by atoms with van der Waals surface area (Å²) < 4.78 is 26.9. The van der Waals surface area contributed by atoms with Crippen LogP contribution in [0.1, 0.15) is 36.6 Å². The predicted molar refractivity (Wildman–Crippen MR) is 110 cm³/mol. The zero-order valence-corrected chi connectivity index (χ0v) is 16.4. The highest BCUT2D eigenvalue weighted by Gasteiger charge is 2.32. The lowest BCUT2D eigenvalue weighted by atomic mass is 9.99. The number of hydrogen-bond donors (Lipinski definition) is 1. The van der Waals surface area contributed by atoms with Crippen molar-refractivity contribution < 1.29 is 13.6 Å². The van der Waals surface area contributed by atoms with E-state index in [0.717, 1.165) is 18.4 Å². The van der Waals surface area contributed by atoms with Crippen molar-refractivity contribution >= 4 is 11.9 Å². The van der Waals surface area contributed by atoms with E-state index in [0.29, 0.717) is 36.2 Å². The average molecular weight is 408 g/mol. The highest BCUT2D eigenvalue weighted by atomic mass is 19.1. The quantitative estimate of drug-likeness (QED) is 0.683. The maximum Gasteiger partial charge on any atom is 0.223 e. The van der Waals surface area contributed by atoms with Gasteiger partial charge >= 0.3 is 0 Å². The second kappa shape index (κ2) is 8.57. The average Bonchev–Trinajstić information content (AvgIpc) is 3.23. The van der Waals surface area contributed by atoms with Gasteiger partial charge in [-0.3, -0.25) is 4.79 Å². The number of benzene rings is 2. The van der Waals surface area contributed by atoms with Crippen LogP contribution in [0.3, 0.4) is 0 Å². The number of halogens is 2. The molecule has 0 spiro atoms. The summed E-state index contributed by atoms with van der Waals surface area (Å²) in [4.78, 5) is 23.3. The highest BCUT2D eigenvalue weighted by Crippen LogP contribution is 2.37. The number of nitrogens with two attached hydrogens (primary N) is 1.